The number of aromatic amines is 1. The summed E-state index contributed by atoms with van der Waals surface area (Å²) in [6.07, 6.45) is 2.96. The fourth-order valence-corrected chi connectivity index (χ4v) is 3.96. The molecule has 0 atom stereocenters. The molecule has 0 unspecified atom stereocenters. The summed E-state index contributed by atoms with van der Waals surface area (Å²) in [5, 5.41) is 0. The molecule has 0 amide bonds. The topological polar surface area (TPSA) is 87.7 Å². The summed E-state index contributed by atoms with van der Waals surface area (Å²) in [4.78, 5) is 11.9. The number of nitrogens with one attached hydrogen (secondary N) is 2. The van der Waals surface area contributed by atoms with Crippen molar-refractivity contribution in [1.29, 1.82) is 0 Å². The minimum Gasteiger partial charge on any atom is -0.343 e. The van der Waals surface area contributed by atoms with Gasteiger partial charge in [-0.3, -0.25) is 4.72 Å². The third-order valence-electron chi connectivity index (χ3n) is 2.51. The minimum absolute atomic E-state index is 0.287. The van der Waals surface area contributed by atoms with E-state index in [1.807, 2.05) is 6.92 Å². The Labute approximate surface area is 113 Å². The fourth-order valence-electron chi connectivity index (χ4n) is 1.65. The number of thiophene rings is 1. The number of sulfonamides is 1. The van der Waals surface area contributed by atoms with Crippen molar-refractivity contribution < 1.29 is 8.42 Å². The third kappa shape index (κ3) is 2.32. The maximum Gasteiger partial charge on any atom is 0.271 e. The predicted molar refractivity (Wildman–Crippen MR) is 73.8 cm³/mol. The molecule has 0 aliphatic heterocycles. The number of anilines is 1. The molecule has 3 rings (SSSR count). The van der Waals surface area contributed by atoms with E-state index >= 15 is 0 Å². The first kappa shape index (κ1) is 12.1. The maximum absolute atomic E-state index is 12.1. The number of imidazole rings is 1. The predicted octanol–water partition coefficient (Wildman–Crippen LogP) is 2.13. The Morgan fingerprint density at radius 3 is 2.89 bits per heavy atom. The monoisotopic (exact) mass is 294 g/mol. The zero-order chi connectivity index (χ0) is 13.5. The number of rotatable bonds is 3. The standard InChI is InChI=1S/C11H10N4O2S2/c1-7-2-3-10(18-7)19(16,17)15-8-4-9-11(12-5-8)14-6-13-9/h2-6,15H,1H3,(H,12,13,14). The highest BCUT2D eigenvalue weighted by Crippen LogP contribution is 2.23. The molecule has 19 heavy (non-hydrogen) atoms. The molecule has 0 saturated heterocycles. The highest BCUT2D eigenvalue weighted by Gasteiger charge is 2.16. The second kappa shape index (κ2) is 4.32. The maximum atomic E-state index is 12.1. The highest BCUT2D eigenvalue weighted by atomic mass is 32.2. The average molecular weight is 294 g/mol. The number of fused-ring (bicyclic) bond motifs is 1. The number of pyridine rings is 1. The van der Waals surface area contributed by atoms with Crippen molar-refractivity contribution in [1.82, 2.24) is 15.0 Å². The van der Waals surface area contributed by atoms with Gasteiger partial charge in [-0.15, -0.1) is 11.3 Å². The molecule has 0 aromatic carbocycles. The van der Waals surface area contributed by atoms with Gasteiger partial charge in [-0.1, -0.05) is 0 Å². The molecule has 6 nitrogen and oxygen atoms in total. The van der Waals surface area contributed by atoms with Gasteiger partial charge in [0.25, 0.3) is 10.0 Å². The van der Waals surface area contributed by atoms with E-state index in [1.54, 1.807) is 18.2 Å². The number of H-pyrrole nitrogens is 1. The van der Waals surface area contributed by atoms with Crippen molar-refractivity contribution in [2.75, 3.05) is 4.72 Å². The van der Waals surface area contributed by atoms with E-state index in [0.717, 1.165) is 4.88 Å². The summed E-state index contributed by atoms with van der Waals surface area (Å²) in [6.45, 7) is 1.86. The first-order valence-corrected chi connectivity index (χ1v) is 7.73. The second-order valence-corrected chi connectivity index (χ2v) is 7.17. The number of nitrogens with zero attached hydrogens (tertiary/aromatic N) is 2. The van der Waals surface area contributed by atoms with Gasteiger partial charge in [-0.2, -0.15) is 0 Å². The van der Waals surface area contributed by atoms with Crippen LogP contribution < -0.4 is 4.72 Å². The zero-order valence-corrected chi connectivity index (χ0v) is 11.5. The van der Waals surface area contributed by atoms with Crippen LogP contribution in [0.1, 0.15) is 4.88 Å². The van der Waals surface area contributed by atoms with Gasteiger partial charge in [0.15, 0.2) is 5.65 Å². The summed E-state index contributed by atoms with van der Waals surface area (Å²) < 4.78 is 27.1. The van der Waals surface area contributed by atoms with Crippen LogP contribution in [-0.2, 0) is 10.0 Å². The summed E-state index contributed by atoms with van der Waals surface area (Å²) >= 11 is 1.23. The second-order valence-electron chi connectivity index (χ2n) is 3.97. The van der Waals surface area contributed by atoms with Crippen molar-refractivity contribution >= 4 is 38.2 Å². The molecule has 0 bridgehead atoms. The average Bonchev–Trinajstić information content (AvgIpc) is 2.96. The molecule has 8 heteroatoms. The van der Waals surface area contributed by atoms with Gasteiger partial charge >= 0.3 is 0 Å². The fraction of sp³-hybridized carbons (Fsp3) is 0.0909. The van der Waals surface area contributed by atoms with Gasteiger partial charge in [0, 0.05) is 4.88 Å². The lowest BCUT2D eigenvalue weighted by molar-refractivity contribution is 0.603. The quantitative estimate of drug-likeness (QED) is 0.774. The van der Waals surface area contributed by atoms with E-state index < -0.39 is 10.0 Å². The molecule has 0 radical (unpaired) electrons. The number of aromatic nitrogens is 3. The Morgan fingerprint density at radius 1 is 1.32 bits per heavy atom. The smallest absolute Gasteiger partial charge is 0.271 e. The number of aryl methyl sites for hydroxylation is 1. The Kier molecular flexibility index (Phi) is 2.76. The molecular weight excluding hydrogens is 284 g/mol. The molecule has 0 aliphatic carbocycles. The first-order chi connectivity index (χ1) is 9.04. The molecule has 2 N–H and O–H groups in total. The molecule has 3 heterocycles. The summed E-state index contributed by atoms with van der Waals surface area (Å²) in [5.41, 5.74) is 1.64. The van der Waals surface area contributed by atoms with Crippen LogP contribution in [0, 0.1) is 6.92 Å². The van der Waals surface area contributed by atoms with Crippen LogP contribution in [0.15, 0.2) is 34.9 Å². The normalized spacial score (nSPS) is 11.8. The van der Waals surface area contributed by atoms with Crippen LogP contribution in [0.4, 0.5) is 5.69 Å². The number of hydrogen-bond acceptors (Lipinski definition) is 5. The Balaban J connectivity index is 1.95. The molecule has 3 aromatic heterocycles. The van der Waals surface area contributed by atoms with Crippen molar-refractivity contribution in [3.8, 4) is 0 Å². The van der Waals surface area contributed by atoms with Crippen molar-refractivity contribution in [2.45, 2.75) is 11.1 Å². The van der Waals surface area contributed by atoms with E-state index in [2.05, 4.69) is 19.7 Å². The van der Waals surface area contributed by atoms with Crippen LogP contribution in [0.2, 0.25) is 0 Å². The molecule has 0 fully saturated rings. The SMILES string of the molecule is Cc1ccc(S(=O)(=O)Nc2cnc3nc[nH]c3c2)s1. The summed E-state index contributed by atoms with van der Waals surface area (Å²) in [7, 11) is -3.55. The Hall–Kier alpha value is -1.93. The van der Waals surface area contributed by atoms with Crippen LogP contribution in [0.5, 0.6) is 0 Å². The third-order valence-corrected chi connectivity index (χ3v) is 5.38. The lowest BCUT2D eigenvalue weighted by Gasteiger charge is -2.05. The van der Waals surface area contributed by atoms with Crippen LogP contribution in [0.25, 0.3) is 11.2 Å². The summed E-state index contributed by atoms with van der Waals surface area (Å²) in [6, 6.07) is 5.02. The molecule has 0 saturated carbocycles. The van der Waals surface area contributed by atoms with Crippen molar-refractivity contribution in [3.05, 3.63) is 35.6 Å². The molecule has 98 valence electrons. The van der Waals surface area contributed by atoms with Crippen molar-refractivity contribution in [2.24, 2.45) is 0 Å². The van der Waals surface area contributed by atoms with E-state index in [0.29, 0.717) is 16.9 Å². The Morgan fingerprint density at radius 2 is 2.16 bits per heavy atom. The van der Waals surface area contributed by atoms with E-state index in [-0.39, 0.29) is 4.21 Å². The van der Waals surface area contributed by atoms with Crippen molar-refractivity contribution in [3.63, 3.8) is 0 Å². The van der Waals surface area contributed by atoms with Crippen LogP contribution >= 0.6 is 11.3 Å². The minimum atomic E-state index is -3.55. The molecular formula is C11H10N4O2S2. The molecule has 0 spiro atoms. The van der Waals surface area contributed by atoms with E-state index in [9.17, 15) is 8.42 Å². The Bertz CT molecular complexity index is 835. The van der Waals surface area contributed by atoms with Gasteiger partial charge in [-0.25, -0.2) is 18.4 Å². The number of hydrogen-bond donors (Lipinski definition) is 2. The van der Waals surface area contributed by atoms with Gasteiger partial charge in [-0.05, 0) is 25.1 Å². The van der Waals surface area contributed by atoms with Gasteiger partial charge < -0.3 is 4.98 Å². The first-order valence-electron chi connectivity index (χ1n) is 5.43. The summed E-state index contributed by atoms with van der Waals surface area (Å²) in [5.74, 6) is 0. The lowest BCUT2D eigenvalue weighted by Crippen LogP contribution is -2.11. The highest BCUT2D eigenvalue weighted by molar-refractivity contribution is 7.94. The van der Waals surface area contributed by atoms with Crippen LogP contribution in [0.3, 0.4) is 0 Å². The van der Waals surface area contributed by atoms with Gasteiger partial charge in [0.2, 0.25) is 0 Å². The zero-order valence-electron chi connectivity index (χ0n) is 9.91. The van der Waals surface area contributed by atoms with Gasteiger partial charge in [0.05, 0.1) is 23.7 Å². The largest absolute Gasteiger partial charge is 0.343 e. The van der Waals surface area contributed by atoms with E-state index in [1.165, 1.54) is 23.9 Å². The van der Waals surface area contributed by atoms with Crippen LogP contribution in [-0.4, -0.2) is 23.4 Å². The van der Waals surface area contributed by atoms with E-state index in [4.69, 9.17) is 0 Å². The lowest BCUT2D eigenvalue weighted by atomic mass is 10.4. The molecule has 0 aliphatic rings. The van der Waals surface area contributed by atoms with Gasteiger partial charge in [0.1, 0.15) is 4.21 Å². The molecule has 3 aromatic rings.